The highest BCUT2D eigenvalue weighted by molar-refractivity contribution is 7.13. The van der Waals surface area contributed by atoms with Crippen LogP contribution in [-0.2, 0) is 16.1 Å². The number of piperazine rings is 1. The van der Waals surface area contributed by atoms with Gasteiger partial charge in [0.05, 0.1) is 5.69 Å². The Morgan fingerprint density at radius 3 is 2.44 bits per heavy atom. The van der Waals surface area contributed by atoms with Crippen molar-refractivity contribution in [2.75, 3.05) is 44.2 Å². The zero-order valence-corrected chi connectivity index (χ0v) is 19.9. The minimum absolute atomic E-state index is 0.00142. The van der Waals surface area contributed by atoms with E-state index in [1.165, 1.54) is 0 Å². The van der Waals surface area contributed by atoms with E-state index in [9.17, 15) is 9.59 Å². The summed E-state index contributed by atoms with van der Waals surface area (Å²) in [6, 6.07) is 17.6. The highest BCUT2D eigenvalue weighted by Crippen LogP contribution is 2.25. The van der Waals surface area contributed by atoms with Crippen LogP contribution in [0.1, 0.15) is 18.5 Å². The lowest BCUT2D eigenvalue weighted by molar-refractivity contribution is -0.135. The first-order valence-corrected chi connectivity index (χ1v) is 12.6. The zero-order valence-electron chi connectivity index (χ0n) is 19.1. The van der Waals surface area contributed by atoms with Gasteiger partial charge >= 0.3 is 0 Å². The third kappa shape index (κ3) is 5.29. The van der Waals surface area contributed by atoms with E-state index >= 15 is 0 Å². The molecule has 0 bridgehead atoms. The SMILES string of the molecule is O=C(COc1ccc(N2CCCC2=O)cc1)N1CCN(Cc2csc(-c3ccccc3)n2)CC1. The molecule has 0 N–H and O–H groups in total. The summed E-state index contributed by atoms with van der Waals surface area (Å²) in [4.78, 5) is 35.3. The molecule has 2 amide bonds. The number of ether oxygens (including phenoxy) is 1. The fraction of sp³-hybridized carbons (Fsp3) is 0.346. The summed E-state index contributed by atoms with van der Waals surface area (Å²) in [5, 5.41) is 3.17. The van der Waals surface area contributed by atoms with E-state index in [-0.39, 0.29) is 18.4 Å². The van der Waals surface area contributed by atoms with Gasteiger partial charge in [0.25, 0.3) is 5.91 Å². The maximum absolute atomic E-state index is 12.6. The normalized spacial score (nSPS) is 16.8. The molecule has 7 nitrogen and oxygen atoms in total. The van der Waals surface area contributed by atoms with Crippen molar-refractivity contribution in [1.82, 2.24) is 14.8 Å². The highest BCUT2D eigenvalue weighted by atomic mass is 32.1. The Morgan fingerprint density at radius 2 is 1.74 bits per heavy atom. The Hall–Kier alpha value is -3.23. The van der Waals surface area contributed by atoms with Crippen LogP contribution in [-0.4, -0.2) is 65.9 Å². The van der Waals surface area contributed by atoms with Gasteiger partial charge in [0, 0.05) is 62.3 Å². The molecular weight excluding hydrogens is 448 g/mol. The summed E-state index contributed by atoms with van der Waals surface area (Å²) >= 11 is 1.67. The first-order chi connectivity index (χ1) is 16.7. The van der Waals surface area contributed by atoms with Gasteiger partial charge < -0.3 is 14.5 Å². The number of anilines is 1. The molecule has 1 aromatic heterocycles. The molecule has 0 saturated carbocycles. The number of hydrogen-bond acceptors (Lipinski definition) is 6. The number of amides is 2. The first kappa shape index (κ1) is 22.6. The van der Waals surface area contributed by atoms with E-state index in [0.717, 1.165) is 54.6 Å². The van der Waals surface area contributed by atoms with Crippen molar-refractivity contribution in [3.63, 3.8) is 0 Å². The smallest absolute Gasteiger partial charge is 0.260 e. The second-order valence-corrected chi connectivity index (χ2v) is 9.46. The van der Waals surface area contributed by atoms with Gasteiger partial charge in [-0.3, -0.25) is 14.5 Å². The number of carbonyl (C=O) groups excluding carboxylic acids is 2. The minimum atomic E-state index is -0.00142. The van der Waals surface area contributed by atoms with Crippen molar-refractivity contribution >= 4 is 28.8 Å². The van der Waals surface area contributed by atoms with Gasteiger partial charge in [0.2, 0.25) is 5.91 Å². The minimum Gasteiger partial charge on any atom is -0.484 e. The fourth-order valence-electron chi connectivity index (χ4n) is 4.36. The summed E-state index contributed by atoms with van der Waals surface area (Å²) in [6.45, 7) is 4.61. The molecule has 0 spiro atoms. The van der Waals surface area contributed by atoms with Crippen LogP contribution in [0, 0.1) is 0 Å². The molecule has 3 heterocycles. The molecule has 0 atom stereocenters. The van der Waals surface area contributed by atoms with Gasteiger partial charge in [-0.25, -0.2) is 4.98 Å². The van der Waals surface area contributed by atoms with Crippen molar-refractivity contribution in [3.8, 4) is 16.3 Å². The third-order valence-electron chi connectivity index (χ3n) is 6.27. The molecule has 5 rings (SSSR count). The highest BCUT2D eigenvalue weighted by Gasteiger charge is 2.23. The molecule has 3 aromatic rings. The Labute approximate surface area is 203 Å². The predicted octanol–water partition coefficient (Wildman–Crippen LogP) is 3.66. The first-order valence-electron chi connectivity index (χ1n) is 11.7. The zero-order chi connectivity index (χ0) is 23.3. The van der Waals surface area contributed by atoms with Gasteiger partial charge in [0.1, 0.15) is 10.8 Å². The largest absolute Gasteiger partial charge is 0.484 e. The number of nitrogens with zero attached hydrogens (tertiary/aromatic N) is 4. The molecule has 34 heavy (non-hydrogen) atoms. The van der Waals surface area contributed by atoms with Gasteiger partial charge in [-0.2, -0.15) is 0 Å². The molecule has 2 aromatic carbocycles. The molecule has 2 aliphatic heterocycles. The van der Waals surface area contributed by atoms with Crippen molar-refractivity contribution in [2.45, 2.75) is 19.4 Å². The van der Waals surface area contributed by atoms with Crippen LogP contribution in [0.3, 0.4) is 0 Å². The lowest BCUT2D eigenvalue weighted by atomic mass is 10.2. The quantitative estimate of drug-likeness (QED) is 0.521. The van der Waals surface area contributed by atoms with Crippen LogP contribution in [0.15, 0.2) is 60.0 Å². The van der Waals surface area contributed by atoms with Crippen molar-refractivity contribution in [1.29, 1.82) is 0 Å². The average Bonchev–Trinajstić information content (AvgIpc) is 3.53. The molecule has 2 fully saturated rings. The van der Waals surface area contributed by atoms with Gasteiger partial charge in [0.15, 0.2) is 6.61 Å². The second kappa shape index (κ2) is 10.4. The van der Waals surface area contributed by atoms with Crippen molar-refractivity contribution in [2.24, 2.45) is 0 Å². The average molecular weight is 477 g/mol. The summed E-state index contributed by atoms with van der Waals surface area (Å²) in [5.74, 6) is 0.799. The van der Waals surface area contributed by atoms with Crippen molar-refractivity contribution < 1.29 is 14.3 Å². The summed E-state index contributed by atoms with van der Waals surface area (Å²) in [6.07, 6.45) is 1.51. The molecule has 2 aliphatic rings. The lowest BCUT2D eigenvalue weighted by Gasteiger charge is -2.34. The molecule has 0 aliphatic carbocycles. The van der Waals surface area contributed by atoms with E-state index in [1.807, 2.05) is 47.4 Å². The molecule has 0 radical (unpaired) electrons. The van der Waals surface area contributed by atoms with Gasteiger partial charge in [-0.1, -0.05) is 30.3 Å². The summed E-state index contributed by atoms with van der Waals surface area (Å²) in [5.41, 5.74) is 3.10. The Kier molecular flexibility index (Phi) is 6.87. The van der Waals surface area contributed by atoms with Gasteiger partial charge in [-0.05, 0) is 30.7 Å². The Balaban J connectivity index is 1.06. The summed E-state index contributed by atoms with van der Waals surface area (Å²) < 4.78 is 5.72. The topological polar surface area (TPSA) is 66.0 Å². The van der Waals surface area contributed by atoms with E-state index in [1.54, 1.807) is 16.2 Å². The van der Waals surface area contributed by atoms with E-state index in [2.05, 4.69) is 22.4 Å². The molecular formula is C26H28N4O3S. The second-order valence-electron chi connectivity index (χ2n) is 8.60. The monoisotopic (exact) mass is 476 g/mol. The van der Waals surface area contributed by atoms with Crippen LogP contribution >= 0.6 is 11.3 Å². The fourth-order valence-corrected chi connectivity index (χ4v) is 5.17. The van der Waals surface area contributed by atoms with Crippen LogP contribution in [0.2, 0.25) is 0 Å². The number of benzene rings is 2. The predicted molar refractivity (Wildman–Crippen MR) is 133 cm³/mol. The maximum Gasteiger partial charge on any atom is 0.260 e. The molecule has 0 unspecified atom stereocenters. The van der Waals surface area contributed by atoms with E-state index < -0.39 is 0 Å². The lowest BCUT2D eigenvalue weighted by Crippen LogP contribution is -2.49. The van der Waals surface area contributed by atoms with E-state index in [0.29, 0.717) is 25.3 Å². The summed E-state index contributed by atoms with van der Waals surface area (Å²) in [7, 11) is 0. The Morgan fingerprint density at radius 1 is 0.971 bits per heavy atom. The maximum atomic E-state index is 12.6. The number of thiazole rings is 1. The van der Waals surface area contributed by atoms with Crippen LogP contribution in [0.25, 0.3) is 10.6 Å². The van der Waals surface area contributed by atoms with Crippen LogP contribution in [0.4, 0.5) is 5.69 Å². The number of hydrogen-bond donors (Lipinski definition) is 0. The number of rotatable bonds is 7. The number of carbonyl (C=O) groups is 2. The standard InChI is InChI=1S/C26H28N4O3S/c31-24-7-4-12-30(24)22-8-10-23(11-9-22)33-18-25(32)29-15-13-28(14-16-29)17-21-19-34-26(27-21)20-5-2-1-3-6-20/h1-3,5-6,8-11,19H,4,7,12-18H2. The number of aromatic nitrogens is 1. The molecule has 176 valence electrons. The molecule has 8 heteroatoms. The third-order valence-corrected chi connectivity index (χ3v) is 7.21. The van der Waals surface area contributed by atoms with E-state index in [4.69, 9.17) is 9.72 Å². The molecule has 2 saturated heterocycles. The van der Waals surface area contributed by atoms with Crippen LogP contribution in [0.5, 0.6) is 5.75 Å². The van der Waals surface area contributed by atoms with Crippen LogP contribution < -0.4 is 9.64 Å². The Bertz CT molecular complexity index is 1120. The van der Waals surface area contributed by atoms with Crippen molar-refractivity contribution in [3.05, 3.63) is 65.7 Å². The van der Waals surface area contributed by atoms with Gasteiger partial charge in [-0.15, -0.1) is 11.3 Å².